The number of hydrogen-bond donors (Lipinski definition) is 1. The molecule has 0 aromatic carbocycles. The van der Waals surface area contributed by atoms with Gasteiger partial charge in [-0.2, -0.15) is 0 Å². The third-order valence-electron chi connectivity index (χ3n) is 2.44. The Hall–Kier alpha value is -1.62. The first kappa shape index (κ1) is 11.9. The lowest BCUT2D eigenvalue weighted by Gasteiger charge is -2.15. The third kappa shape index (κ3) is 2.94. The highest BCUT2D eigenvalue weighted by atomic mass is 32.1. The molecule has 0 aliphatic heterocycles. The van der Waals surface area contributed by atoms with E-state index in [1.807, 2.05) is 23.7 Å². The van der Waals surface area contributed by atoms with Gasteiger partial charge < -0.3 is 10.1 Å². The molecule has 5 heteroatoms. The van der Waals surface area contributed by atoms with E-state index in [9.17, 15) is 0 Å². The van der Waals surface area contributed by atoms with Gasteiger partial charge in [0.05, 0.1) is 13.2 Å². The maximum atomic E-state index is 5.10. The van der Waals surface area contributed by atoms with Gasteiger partial charge in [0.25, 0.3) is 0 Å². The van der Waals surface area contributed by atoms with Crippen molar-refractivity contribution in [1.82, 2.24) is 9.97 Å². The first-order valence-electron chi connectivity index (χ1n) is 5.49. The highest BCUT2D eigenvalue weighted by Gasteiger charge is 2.11. The molecule has 0 bridgehead atoms. The number of thiazole rings is 1. The Kier molecular flexibility index (Phi) is 3.93. The molecule has 4 nitrogen and oxygen atoms in total. The van der Waals surface area contributed by atoms with Gasteiger partial charge in [0.15, 0.2) is 0 Å². The van der Waals surface area contributed by atoms with E-state index < -0.39 is 0 Å². The largest absolute Gasteiger partial charge is 0.481 e. The Morgan fingerprint density at radius 1 is 1.41 bits per heavy atom. The van der Waals surface area contributed by atoms with E-state index in [0.29, 0.717) is 5.88 Å². The fourth-order valence-corrected chi connectivity index (χ4v) is 2.33. The van der Waals surface area contributed by atoms with Gasteiger partial charge in [-0.25, -0.2) is 9.97 Å². The molecule has 1 N–H and O–H groups in total. The van der Waals surface area contributed by atoms with Crippen LogP contribution in [0, 0.1) is 0 Å². The molecule has 2 aromatic rings. The Morgan fingerprint density at radius 2 is 2.29 bits per heavy atom. The summed E-state index contributed by atoms with van der Waals surface area (Å²) in [5, 5.41) is 6.53. The van der Waals surface area contributed by atoms with Crippen LogP contribution in [0.25, 0.3) is 0 Å². The molecule has 2 heterocycles. The molecule has 17 heavy (non-hydrogen) atoms. The van der Waals surface area contributed by atoms with E-state index >= 15 is 0 Å². The van der Waals surface area contributed by atoms with Crippen LogP contribution < -0.4 is 10.1 Å². The predicted molar refractivity (Wildman–Crippen MR) is 69.6 cm³/mol. The third-order valence-corrected chi connectivity index (χ3v) is 3.33. The van der Waals surface area contributed by atoms with Gasteiger partial charge in [0.2, 0.25) is 5.88 Å². The lowest BCUT2D eigenvalue weighted by molar-refractivity contribution is 0.398. The summed E-state index contributed by atoms with van der Waals surface area (Å²) in [4.78, 5) is 8.41. The zero-order valence-electron chi connectivity index (χ0n) is 9.88. The average molecular weight is 249 g/mol. The molecule has 90 valence electrons. The van der Waals surface area contributed by atoms with E-state index in [-0.39, 0.29) is 6.04 Å². The molecule has 0 aliphatic rings. The van der Waals surface area contributed by atoms with Crippen molar-refractivity contribution >= 4 is 17.0 Å². The molecular formula is C12H15N3OS. The van der Waals surface area contributed by atoms with Crippen LogP contribution in [0.2, 0.25) is 0 Å². The molecule has 1 unspecified atom stereocenters. The Labute approximate surface area is 105 Å². The van der Waals surface area contributed by atoms with E-state index in [2.05, 4.69) is 22.2 Å². The van der Waals surface area contributed by atoms with Gasteiger partial charge in [-0.3, -0.25) is 0 Å². The topological polar surface area (TPSA) is 47.0 Å². The number of methoxy groups -OCH3 is 1. The van der Waals surface area contributed by atoms with Crippen LogP contribution >= 0.6 is 11.3 Å². The average Bonchev–Trinajstić information content (AvgIpc) is 2.90. The quantitative estimate of drug-likeness (QED) is 0.884. The van der Waals surface area contributed by atoms with Gasteiger partial charge in [0, 0.05) is 29.5 Å². The van der Waals surface area contributed by atoms with Crippen LogP contribution in [0.5, 0.6) is 5.88 Å². The number of anilines is 1. The molecule has 0 spiro atoms. The maximum absolute atomic E-state index is 5.10. The predicted octanol–water partition coefficient (Wildman–Crippen LogP) is 3.11. The molecule has 2 rings (SSSR count). The smallest absolute Gasteiger partial charge is 0.214 e. The van der Waals surface area contributed by atoms with Gasteiger partial charge in [-0.05, 0) is 12.5 Å². The van der Waals surface area contributed by atoms with Gasteiger partial charge in [-0.1, -0.05) is 6.92 Å². The van der Waals surface area contributed by atoms with Crippen LogP contribution in [0.15, 0.2) is 29.9 Å². The molecular weight excluding hydrogens is 234 g/mol. The summed E-state index contributed by atoms with van der Waals surface area (Å²) in [6, 6.07) is 4.05. The maximum Gasteiger partial charge on any atom is 0.214 e. The van der Waals surface area contributed by atoms with Crippen LogP contribution in [0.3, 0.4) is 0 Å². The summed E-state index contributed by atoms with van der Waals surface area (Å²) in [6.07, 6.45) is 4.55. The fourth-order valence-electron chi connectivity index (χ4n) is 1.56. The Balaban J connectivity index is 2.13. The van der Waals surface area contributed by atoms with Crippen molar-refractivity contribution in [2.45, 2.75) is 19.4 Å². The summed E-state index contributed by atoms with van der Waals surface area (Å²) < 4.78 is 5.10. The Morgan fingerprint density at radius 3 is 2.94 bits per heavy atom. The molecule has 0 aliphatic carbocycles. The minimum atomic E-state index is 0.238. The van der Waals surface area contributed by atoms with Crippen molar-refractivity contribution in [3.05, 3.63) is 34.9 Å². The summed E-state index contributed by atoms with van der Waals surface area (Å²) >= 11 is 1.66. The van der Waals surface area contributed by atoms with E-state index in [1.165, 1.54) is 0 Å². The summed E-state index contributed by atoms with van der Waals surface area (Å²) in [5.41, 5.74) is 0.999. The first-order valence-corrected chi connectivity index (χ1v) is 6.37. The minimum Gasteiger partial charge on any atom is -0.481 e. The number of nitrogens with zero attached hydrogens (tertiary/aromatic N) is 2. The number of hydrogen-bond acceptors (Lipinski definition) is 5. The number of rotatable bonds is 5. The zero-order valence-corrected chi connectivity index (χ0v) is 10.7. The zero-order chi connectivity index (χ0) is 12.1. The van der Waals surface area contributed by atoms with Crippen molar-refractivity contribution in [1.29, 1.82) is 0 Å². The molecule has 0 radical (unpaired) electrons. The normalized spacial score (nSPS) is 12.1. The van der Waals surface area contributed by atoms with E-state index in [4.69, 9.17) is 4.74 Å². The molecule has 1 atom stereocenters. The number of nitrogens with one attached hydrogen (secondary N) is 1. The molecule has 0 amide bonds. The monoisotopic (exact) mass is 249 g/mol. The highest BCUT2D eigenvalue weighted by molar-refractivity contribution is 7.09. The summed E-state index contributed by atoms with van der Waals surface area (Å²) in [7, 11) is 1.62. The standard InChI is InChI=1S/C12H15N3OS/c1-3-10(12-14-6-7-17-12)15-9-4-5-13-11(8-9)16-2/h4-8,10H,3H2,1-2H3,(H,13,15). The van der Waals surface area contributed by atoms with Crippen LogP contribution in [0.1, 0.15) is 24.4 Å². The van der Waals surface area contributed by atoms with Crippen molar-refractivity contribution in [3.8, 4) is 5.88 Å². The number of ether oxygens (including phenoxy) is 1. The fraction of sp³-hybridized carbons (Fsp3) is 0.333. The van der Waals surface area contributed by atoms with Crippen molar-refractivity contribution in [2.75, 3.05) is 12.4 Å². The second-order valence-electron chi connectivity index (χ2n) is 3.56. The second kappa shape index (κ2) is 5.63. The van der Waals surface area contributed by atoms with Crippen molar-refractivity contribution in [2.24, 2.45) is 0 Å². The van der Waals surface area contributed by atoms with Crippen molar-refractivity contribution < 1.29 is 4.74 Å². The lowest BCUT2D eigenvalue weighted by atomic mass is 10.2. The number of pyridine rings is 1. The summed E-state index contributed by atoms with van der Waals surface area (Å²) in [6.45, 7) is 2.14. The van der Waals surface area contributed by atoms with Gasteiger partial charge >= 0.3 is 0 Å². The van der Waals surface area contributed by atoms with Crippen LogP contribution in [-0.4, -0.2) is 17.1 Å². The lowest BCUT2D eigenvalue weighted by Crippen LogP contribution is -2.09. The molecule has 2 aromatic heterocycles. The summed E-state index contributed by atoms with van der Waals surface area (Å²) in [5.74, 6) is 0.615. The van der Waals surface area contributed by atoms with Gasteiger partial charge in [-0.15, -0.1) is 11.3 Å². The van der Waals surface area contributed by atoms with E-state index in [0.717, 1.165) is 17.1 Å². The van der Waals surface area contributed by atoms with Crippen LogP contribution in [0.4, 0.5) is 5.69 Å². The van der Waals surface area contributed by atoms with Crippen molar-refractivity contribution in [3.63, 3.8) is 0 Å². The molecule has 0 saturated heterocycles. The highest BCUT2D eigenvalue weighted by Crippen LogP contribution is 2.25. The minimum absolute atomic E-state index is 0.238. The number of aromatic nitrogens is 2. The van der Waals surface area contributed by atoms with E-state index in [1.54, 1.807) is 24.6 Å². The molecule has 0 fully saturated rings. The first-order chi connectivity index (χ1) is 8.33. The Bertz CT molecular complexity index is 459. The molecule has 0 saturated carbocycles. The SMILES string of the molecule is CCC(Nc1ccnc(OC)c1)c1nccs1. The second-order valence-corrected chi connectivity index (χ2v) is 4.49. The van der Waals surface area contributed by atoms with Crippen LogP contribution in [-0.2, 0) is 0 Å². The van der Waals surface area contributed by atoms with Gasteiger partial charge in [0.1, 0.15) is 5.01 Å².